The van der Waals surface area contributed by atoms with Crippen molar-refractivity contribution in [2.75, 3.05) is 5.75 Å². The van der Waals surface area contributed by atoms with E-state index in [9.17, 15) is 0 Å². The fourth-order valence-electron chi connectivity index (χ4n) is 3.26. The number of benzene rings is 1. The lowest BCUT2D eigenvalue weighted by molar-refractivity contribution is 0.489. The molecule has 1 aromatic rings. The summed E-state index contributed by atoms with van der Waals surface area (Å²) in [6.45, 7) is 2.28. The summed E-state index contributed by atoms with van der Waals surface area (Å²) >= 11 is 1.98. The van der Waals surface area contributed by atoms with Gasteiger partial charge in [-0.2, -0.15) is 0 Å². The van der Waals surface area contributed by atoms with E-state index in [2.05, 4.69) is 31.2 Å². The summed E-state index contributed by atoms with van der Waals surface area (Å²) in [5.41, 5.74) is 7.96. The first-order chi connectivity index (χ1) is 10.3. The molecule has 1 aliphatic rings. The van der Waals surface area contributed by atoms with Gasteiger partial charge < -0.3 is 5.73 Å². The molecule has 1 heterocycles. The Morgan fingerprint density at radius 1 is 1.05 bits per heavy atom. The summed E-state index contributed by atoms with van der Waals surface area (Å²) in [5.74, 6) is 1.76. The van der Waals surface area contributed by atoms with Gasteiger partial charge in [-0.3, -0.25) is 0 Å². The predicted molar refractivity (Wildman–Crippen MR) is 95.1 cm³/mol. The minimum Gasteiger partial charge on any atom is -0.327 e. The maximum absolute atomic E-state index is 6.46. The van der Waals surface area contributed by atoms with Gasteiger partial charge in [0.25, 0.3) is 0 Å². The van der Waals surface area contributed by atoms with E-state index in [4.69, 9.17) is 5.73 Å². The van der Waals surface area contributed by atoms with E-state index in [0.717, 1.165) is 0 Å². The van der Waals surface area contributed by atoms with Crippen molar-refractivity contribution in [2.24, 2.45) is 5.73 Å². The molecule has 2 heteroatoms. The molecule has 0 aliphatic carbocycles. The van der Waals surface area contributed by atoms with Crippen molar-refractivity contribution in [3.8, 4) is 0 Å². The quantitative estimate of drug-likeness (QED) is 0.558. The van der Waals surface area contributed by atoms with Crippen molar-refractivity contribution < 1.29 is 0 Å². The summed E-state index contributed by atoms with van der Waals surface area (Å²) in [7, 11) is 0. The molecule has 0 saturated heterocycles. The van der Waals surface area contributed by atoms with Crippen molar-refractivity contribution in [1.82, 2.24) is 0 Å². The highest BCUT2D eigenvalue weighted by molar-refractivity contribution is 7.99. The lowest BCUT2D eigenvalue weighted by Gasteiger charge is -2.19. The van der Waals surface area contributed by atoms with Crippen LogP contribution in [0.5, 0.6) is 0 Å². The summed E-state index contributed by atoms with van der Waals surface area (Å²) in [6.07, 6.45) is 12.3. The Bertz CT molecular complexity index is 404. The SMILES string of the molecule is CCCCCCCCCCC(N)C1CSc2ccccc21. The number of fused-ring (bicyclic) bond motifs is 1. The summed E-state index contributed by atoms with van der Waals surface area (Å²) < 4.78 is 0. The zero-order valence-electron chi connectivity index (χ0n) is 13.5. The Labute approximate surface area is 135 Å². The highest BCUT2D eigenvalue weighted by Crippen LogP contribution is 2.41. The molecular weight excluding hydrogens is 274 g/mol. The highest BCUT2D eigenvalue weighted by atomic mass is 32.2. The number of unbranched alkanes of at least 4 members (excludes halogenated alkanes) is 7. The van der Waals surface area contributed by atoms with E-state index in [1.807, 2.05) is 11.8 Å². The van der Waals surface area contributed by atoms with Crippen molar-refractivity contribution in [3.05, 3.63) is 29.8 Å². The minimum atomic E-state index is 0.348. The molecule has 2 rings (SSSR count). The molecule has 1 aliphatic heterocycles. The molecule has 0 aromatic heterocycles. The van der Waals surface area contributed by atoms with Crippen LogP contribution in [0.4, 0.5) is 0 Å². The highest BCUT2D eigenvalue weighted by Gasteiger charge is 2.27. The Kier molecular flexibility index (Phi) is 7.66. The number of hydrogen-bond donors (Lipinski definition) is 1. The summed E-state index contributed by atoms with van der Waals surface area (Å²) in [4.78, 5) is 1.45. The number of nitrogens with two attached hydrogens (primary N) is 1. The van der Waals surface area contributed by atoms with E-state index in [0.29, 0.717) is 12.0 Å². The topological polar surface area (TPSA) is 26.0 Å². The van der Waals surface area contributed by atoms with Crippen molar-refractivity contribution >= 4 is 11.8 Å². The molecule has 1 nitrogen and oxygen atoms in total. The first-order valence-corrected chi connectivity index (χ1v) is 9.78. The zero-order valence-corrected chi connectivity index (χ0v) is 14.3. The van der Waals surface area contributed by atoms with E-state index < -0.39 is 0 Å². The number of rotatable bonds is 10. The van der Waals surface area contributed by atoms with Crippen LogP contribution in [0.1, 0.15) is 76.2 Å². The molecule has 0 spiro atoms. The van der Waals surface area contributed by atoms with Crippen molar-refractivity contribution in [1.29, 1.82) is 0 Å². The van der Waals surface area contributed by atoms with Crippen molar-refractivity contribution in [3.63, 3.8) is 0 Å². The third-order valence-electron chi connectivity index (χ3n) is 4.64. The van der Waals surface area contributed by atoms with Crippen LogP contribution >= 0.6 is 11.8 Å². The van der Waals surface area contributed by atoms with Gasteiger partial charge in [0.05, 0.1) is 0 Å². The van der Waals surface area contributed by atoms with E-state index in [1.54, 1.807) is 0 Å². The molecule has 0 radical (unpaired) electrons. The second kappa shape index (κ2) is 9.53. The lowest BCUT2D eigenvalue weighted by atomic mass is 9.90. The van der Waals surface area contributed by atoms with Gasteiger partial charge in [-0.25, -0.2) is 0 Å². The Hall–Kier alpha value is -0.470. The van der Waals surface area contributed by atoms with Gasteiger partial charge in [0.1, 0.15) is 0 Å². The average Bonchev–Trinajstić information content (AvgIpc) is 2.94. The van der Waals surface area contributed by atoms with Crippen LogP contribution < -0.4 is 5.73 Å². The molecule has 21 heavy (non-hydrogen) atoms. The molecule has 1 aromatic carbocycles. The van der Waals surface area contributed by atoms with Gasteiger partial charge >= 0.3 is 0 Å². The van der Waals surface area contributed by atoms with E-state index >= 15 is 0 Å². The predicted octanol–water partition coefficient (Wildman–Crippen LogP) is 5.73. The first kappa shape index (κ1) is 16.9. The molecule has 2 N–H and O–H groups in total. The monoisotopic (exact) mass is 305 g/mol. The normalized spacial score (nSPS) is 18.7. The van der Waals surface area contributed by atoms with Crippen LogP contribution in [0.3, 0.4) is 0 Å². The zero-order chi connectivity index (χ0) is 14.9. The van der Waals surface area contributed by atoms with Crippen LogP contribution in [-0.2, 0) is 0 Å². The van der Waals surface area contributed by atoms with Gasteiger partial charge in [0.2, 0.25) is 0 Å². The second-order valence-electron chi connectivity index (χ2n) is 6.38. The van der Waals surface area contributed by atoms with E-state index in [1.165, 1.54) is 74.0 Å². The second-order valence-corrected chi connectivity index (χ2v) is 7.44. The standard InChI is InChI=1S/C19H31NS/c1-2-3-4-5-6-7-8-9-13-18(20)17-15-21-19-14-11-10-12-16(17)19/h10-12,14,17-18H,2-9,13,15,20H2,1H3. The third-order valence-corrected chi connectivity index (χ3v) is 5.85. The molecular formula is C19H31NS. The fourth-order valence-corrected chi connectivity index (χ4v) is 4.60. The molecule has 0 amide bonds. The van der Waals surface area contributed by atoms with Crippen LogP contribution in [-0.4, -0.2) is 11.8 Å². The molecule has 0 fully saturated rings. The van der Waals surface area contributed by atoms with Crippen LogP contribution in [0.25, 0.3) is 0 Å². The molecule has 0 bridgehead atoms. The third kappa shape index (κ3) is 5.34. The summed E-state index contributed by atoms with van der Waals surface area (Å²) in [5, 5.41) is 0. The molecule has 0 saturated carbocycles. The van der Waals surface area contributed by atoms with Crippen LogP contribution in [0.15, 0.2) is 29.2 Å². The average molecular weight is 306 g/mol. The molecule has 2 atom stereocenters. The molecule has 118 valence electrons. The van der Waals surface area contributed by atoms with Crippen molar-refractivity contribution in [2.45, 2.75) is 81.6 Å². The number of thioether (sulfide) groups is 1. The number of hydrogen-bond acceptors (Lipinski definition) is 2. The fraction of sp³-hybridized carbons (Fsp3) is 0.684. The maximum Gasteiger partial charge on any atom is 0.0116 e. The van der Waals surface area contributed by atoms with Crippen LogP contribution in [0.2, 0.25) is 0 Å². The summed E-state index contributed by atoms with van der Waals surface area (Å²) in [6, 6.07) is 9.15. The smallest absolute Gasteiger partial charge is 0.0116 e. The Morgan fingerprint density at radius 2 is 1.71 bits per heavy atom. The Balaban J connectivity index is 1.59. The van der Waals surface area contributed by atoms with Gasteiger partial charge in [0.15, 0.2) is 0 Å². The van der Waals surface area contributed by atoms with Gasteiger partial charge in [0, 0.05) is 22.6 Å². The van der Waals surface area contributed by atoms with Gasteiger partial charge in [-0.1, -0.05) is 76.5 Å². The Morgan fingerprint density at radius 3 is 2.48 bits per heavy atom. The van der Waals surface area contributed by atoms with Crippen LogP contribution in [0, 0.1) is 0 Å². The van der Waals surface area contributed by atoms with E-state index in [-0.39, 0.29) is 0 Å². The molecule has 2 unspecified atom stereocenters. The lowest BCUT2D eigenvalue weighted by Crippen LogP contribution is -2.28. The minimum absolute atomic E-state index is 0.348. The maximum atomic E-state index is 6.46. The largest absolute Gasteiger partial charge is 0.327 e. The first-order valence-electron chi connectivity index (χ1n) is 8.80. The van der Waals surface area contributed by atoms with Gasteiger partial charge in [-0.05, 0) is 18.1 Å². The van der Waals surface area contributed by atoms with Gasteiger partial charge in [-0.15, -0.1) is 11.8 Å².